The minimum absolute atomic E-state index is 0.0816. The van der Waals surface area contributed by atoms with Crippen LogP contribution in [0.5, 0.6) is 0 Å². The van der Waals surface area contributed by atoms with Gasteiger partial charge in [-0.25, -0.2) is 9.18 Å². The second-order valence-corrected chi connectivity index (χ2v) is 2.97. The Morgan fingerprint density at radius 2 is 2.29 bits per heavy atom. The van der Waals surface area contributed by atoms with Gasteiger partial charge in [-0.3, -0.25) is 0 Å². The first-order valence-corrected chi connectivity index (χ1v) is 4.05. The highest BCUT2D eigenvalue weighted by atomic mass is 32.1. The SMILES string of the molecule is COC(=O)c1c(F)cc(S)cc1C#N. The maximum atomic E-state index is 13.2. The fourth-order valence-corrected chi connectivity index (χ4v) is 1.23. The molecule has 0 amide bonds. The summed E-state index contributed by atoms with van der Waals surface area (Å²) in [6.07, 6.45) is 0. The summed E-state index contributed by atoms with van der Waals surface area (Å²) in [7, 11) is 1.12. The number of nitriles is 1. The molecule has 3 nitrogen and oxygen atoms in total. The fourth-order valence-electron chi connectivity index (χ4n) is 0.990. The van der Waals surface area contributed by atoms with Crippen LogP contribution in [0.15, 0.2) is 17.0 Å². The molecule has 14 heavy (non-hydrogen) atoms. The van der Waals surface area contributed by atoms with Crippen LogP contribution in [0.4, 0.5) is 4.39 Å². The molecule has 0 aliphatic carbocycles. The van der Waals surface area contributed by atoms with Gasteiger partial charge in [0.25, 0.3) is 0 Å². The van der Waals surface area contributed by atoms with Gasteiger partial charge in [-0.15, -0.1) is 12.6 Å². The molecule has 0 atom stereocenters. The smallest absolute Gasteiger partial charge is 0.342 e. The average molecular weight is 211 g/mol. The molecule has 0 heterocycles. The number of thiol groups is 1. The molecule has 0 N–H and O–H groups in total. The Morgan fingerprint density at radius 3 is 2.79 bits per heavy atom. The van der Waals surface area contributed by atoms with Crippen LogP contribution in [0.3, 0.4) is 0 Å². The summed E-state index contributed by atoms with van der Waals surface area (Å²) in [5, 5.41) is 8.65. The largest absolute Gasteiger partial charge is 0.465 e. The minimum Gasteiger partial charge on any atom is -0.465 e. The van der Waals surface area contributed by atoms with Crippen molar-refractivity contribution in [1.29, 1.82) is 5.26 Å². The molecule has 0 saturated carbocycles. The lowest BCUT2D eigenvalue weighted by molar-refractivity contribution is 0.0595. The average Bonchev–Trinajstić information content (AvgIpc) is 2.15. The molecule has 1 aromatic carbocycles. The summed E-state index contributed by atoms with van der Waals surface area (Å²) in [5.41, 5.74) is -0.436. The maximum Gasteiger partial charge on any atom is 0.342 e. The van der Waals surface area contributed by atoms with Gasteiger partial charge in [0.1, 0.15) is 17.4 Å². The Bertz CT molecular complexity index is 426. The number of nitrogens with zero attached hydrogens (tertiary/aromatic N) is 1. The predicted molar refractivity (Wildman–Crippen MR) is 49.7 cm³/mol. The van der Waals surface area contributed by atoms with E-state index in [4.69, 9.17) is 5.26 Å². The van der Waals surface area contributed by atoms with Crippen LogP contribution in [-0.2, 0) is 4.74 Å². The zero-order valence-corrected chi connectivity index (χ0v) is 8.14. The second kappa shape index (κ2) is 4.11. The van der Waals surface area contributed by atoms with Crippen LogP contribution >= 0.6 is 12.6 Å². The van der Waals surface area contributed by atoms with E-state index >= 15 is 0 Å². The molecule has 5 heteroatoms. The van der Waals surface area contributed by atoms with E-state index in [9.17, 15) is 9.18 Å². The second-order valence-electron chi connectivity index (χ2n) is 2.45. The lowest BCUT2D eigenvalue weighted by Gasteiger charge is -2.03. The van der Waals surface area contributed by atoms with E-state index in [1.54, 1.807) is 6.07 Å². The Morgan fingerprint density at radius 1 is 1.64 bits per heavy atom. The van der Waals surface area contributed by atoms with Crippen LogP contribution in [0.2, 0.25) is 0 Å². The molecule has 0 unspecified atom stereocenters. The van der Waals surface area contributed by atoms with E-state index in [1.165, 1.54) is 6.07 Å². The summed E-state index contributed by atoms with van der Waals surface area (Å²) in [5.74, 6) is -1.67. The number of rotatable bonds is 1. The van der Waals surface area contributed by atoms with Crippen molar-refractivity contribution >= 4 is 18.6 Å². The topological polar surface area (TPSA) is 50.1 Å². The number of hydrogen-bond donors (Lipinski definition) is 1. The van der Waals surface area contributed by atoms with E-state index in [2.05, 4.69) is 17.4 Å². The molecule has 1 aromatic rings. The van der Waals surface area contributed by atoms with Gasteiger partial charge < -0.3 is 4.74 Å². The molecule has 0 fully saturated rings. The van der Waals surface area contributed by atoms with Crippen molar-refractivity contribution in [2.24, 2.45) is 0 Å². The summed E-state index contributed by atoms with van der Waals surface area (Å²) in [4.78, 5) is 11.4. The molecule has 0 aliphatic rings. The van der Waals surface area contributed by atoms with Gasteiger partial charge in [-0.1, -0.05) is 0 Å². The lowest BCUT2D eigenvalue weighted by atomic mass is 10.1. The van der Waals surface area contributed by atoms with Crippen molar-refractivity contribution in [1.82, 2.24) is 0 Å². The highest BCUT2D eigenvalue weighted by molar-refractivity contribution is 7.80. The molecular formula is C9H6FNO2S. The summed E-state index contributed by atoms with van der Waals surface area (Å²) >= 11 is 3.88. The third kappa shape index (κ3) is 1.86. The number of esters is 1. The van der Waals surface area contributed by atoms with Crippen LogP contribution < -0.4 is 0 Å². The zero-order chi connectivity index (χ0) is 10.7. The van der Waals surface area contributed by atoms with Crippen LogP contribution in [0.1, 0.15) is 15.9 Å². The summed E-state index contributed by atoms with van der Waals surface area (Å²) in [6.45, 7) is 0. The Balaban J connectivity index is 3.42. The third-order valence-corrected chi connectivity index (χ3v) is 1.84. The first kappa shape index (κ1) is 10.5. The van der Waals surface area contributed by atoms with E-state index in [0.29, 0.717) is 0 Å². The Labute approximate surface area is 85.5 Å². The molecule has 72 valence electrons. The van der Waals surface area contributed by atoms with Gasteiger partial charge in [0, 0.05) is 4.90 Å². The highest BCUT2D eigenvalue weighted by Crippen LogP contribution is 2.19. The fraction of sp³-hybridized carbons (Fsp3) is 0.111. The first-order chi connectivity index (χ1) is 6.60. The molecule has 0 aliphatic heterocycles. The molecule has 0 bridgehead atoms. The van der Waals surface area contributed by atoms with Gasteiger partial charge in [0.15, 0.2) is 0 Å². The molecule has 0 aromatic heterocycles. The van der Waals surface area contributed by atoms with Crippen LogP contribution in [-0.4, -0.2) is 13.1 Å². The number of carbonyl (C=O) groups is 1. The maximum absolute atomic E-state index is 13.2. The van der Waals surface area contributed by atoms with E-state index in [-0.39, 0.29) is 16.0 Å². The molecule has 0 spiro atoms. The number of halogens is 1. The van der Waals surface area contributed by atoms with Crippen LogP contribution in [0.25, 0.3) is 0 Å². The minimum atomic E-state index is -0.868. The molecular weight excluding hydrogens is 205 g/mol. The van der Waals surface area contributed by atoms with Crippen molar-refractivity contribution in [3.05, 3.63) is 29.1 Å². The van der Waals surface area contributed by atoms with Crippen molar-refractivity contribution in [2.75, 3.05) is 7.11 Å². The number of benzene rings is 1. The third-order valence-electron chi connectivity index (χ3n) is 1.58. The number of methoxy groups -OCH3 is 1. The Kier molecular flexibility index (Phi) is 3.10. The van der Waals surface area contributed by atoms with Gasteiger partial charge in [-0.2, -0.15) is 5.26 Å². The number of carbonyl (C=O) groups excluding carboxylic acids is 1. The lowest BCUT2D eigenvalue weighted by Crippen LogP contribution is -2.07. The van der Waals surface area contributed by atoms with Gasteiger partial charge >= 0.3 is 5.97 Å². The quantitative estimate of drug-likeness (QED) is 0.569. The predicted octanol–water partition coefficient (Wildman–Crippen LogP) is 1.77. The zero-order valence-electron chi connectivity index (χ0n) is 7.24. The van der Waals surface area contributed by atoms with Crippen LogP contribution in [0, 0.1) is 17.1 Å². The summed E-state index contributed by atoms with van der Waals surface area (Å²) < 4.78 is 17.6. The summed E-state index contributed by atoms with van der Waals surface area (Å²) in [6, 6.07) is 4.06. The standard InChI is InChI=1S/C9H6FNO2S/c1-13-9(12)8-5(4-11)2-6(14)3-7(8)10/h2-3,14H,1H3. The van der Waals surface area contributed by atoms with E-state index < -0.39 is 11.8 Å². The van der Waals surface area contributed by atoms with E-state index in [1.807, 2.05) is 0 Å². The van der Waals surface area contributed by atoms with Crippen molar-refractivity contribution in [3.8, 4) is 6.07 Å². The van der Waals surface area contributed by atoms with Crippen molar-refractivity contribution in [3.63, 3.8) is 0 Å². The molecule has 0 radical (unpaired) electrons. The highest BCUT2D eigenvalue weighted by Gasteiger charge is 2.17. The van der Waals surface area contributed by atoms with Gasteiger partial charge in [0.05, 0.1) is 12.7 Å². The normalized spacial score (nSPS) is 9.29. The molecule has 0 saturated heterocycles. The Hall–Kier alpha value is -1.54. The monoisotopic (exact) mass is 211 g/mol. The number of ether oxygens (including phenoxy) is 1. The number of hydrogen-bond acceptors (Lipinski definition) is 4. The van der Waals surface area contributed by atoms with Gasteiger partial charge in [0.2, 0.25) is 0 Å². The molecule has 1 rings (SSSR count). The van der Waals surface area contributed by atoms with Crippen molar-refractivity contribution < 1.29 is 13.9 Å². The first-order valence-electron chi connectivity index (χ1n) is 3.61. The van der Waals surface area contributed by atoms with E-state index in [0.717, 1.165) is 13.2 Å². The van der Waals surface area contributed by atoms with Crippen molar-refractivity contribution in [2.45, 2.75) is 4.90 Å². The van der Waals surface area contributed by atoms with Gasteiger partial charge in [-0.05, 0) is 12.1 Å².